The van der Waals surface area contributed by atoms with Crippen molar-refractivity contribution in [1.29, 1.82) is 0 Å². The molecular formula is C13H18F2N2O2. The molecule has 0 aliphatic carbocycles. The van der Waals surface area contributed by atoms with Crippen LogP contribution in [0.2, 0.25) is 0 Å². The van der Waals surface area contributed by atoms with E-state index in [0.29, 0.717) is 6.42 Å². The molecule has 0 heterocycles. The van der Waals surface area contributed by atoms with Gasteiger partial charge >= 0.3 is 0 Å². The number of aliphatic hydroxyl groups is 1. The summed E-state index contributed by atoms with van der Waals surface area (Å²) >= 11 is 0. The van der Waals surface area contributed by atoms with E-state index in [1.165, 1.54) is 4.90 Å². The summed E-state index contributed by atoms with van der Waals surface area (Å²) in [7, 11) is 0. The van der Waals surface area contributed by atoms with Crippen LogP contribution in [0.25, 0.3) is 0 Å². The van der Waals surface area contributed by atoms with Gasteiger partial charge in [0.15, 0.2) is 5.82 Å². The molecule has 0 spiro atoms. The second-order valence-corrected chi connectivity index (χ2v) is 4.50. The van der Waals surface area contributed by atoms with E-state index < -0.39 is 23.1 Å². The average Bonchev–Trinajstić information content (AvgIpc) is 2.34. The maximum Gasteiger partial charge on any atom is 0.260 e. The summed E-state index contributed by atoms with van der Waals surface area (Å²) in [4.78, 5) is 13.5. The van der Waals surface area contributed by atoms with Crippen LogP contribution in [0.1, 0.15) is 30.6 Å². The van der Waals surface area contributed by atoms with E-state index in [4.69, 9.17) is 10.8 Å². The molecule has 0 saturated heterocycles. The number of anilines is 1. The van der Waals surface area contributed by atoms with Crippen molar-refractivity contribution in [2.45, 2.75) is 26.3 Å². The van der Waals surface area contributed by atoms with Crippen LogP contribution in [0, 0.1) is 11.6 Å². The van der Waals surface area contributed by atoms with Crippen molar-refractivity contribution in [3.8, 4) is 0 Å². The molecule has 4 nitrogen and oxygen atoms in total. The fourth-order valence-corrected chi connectivity index (χ4v) is 1.74. The Kier molecular flexibility index (Phi) is 5.23. The van der Waals surface area contributed by atoms with Crippen LogP contribution in [-0.2, 0) is 0 Å². The van der Waals surface area contributed by atoms with E-state index in [0.717, 1.165) is 12.1 Å². The minimum absolute atomic E-state index is 0.0988. The summed E-state index contributed by atoms with van der Waals surface area (Å²) in [5.41, 5.74) is 4.44. The zero-order chi connectivity index (χ0) is 14.6. The number of halogens is 2. The summed E-state index contributed by atoms with van der Waals surface area (Å²) in [6.07, 6.45) is 0.343. The van der Waals surface area contributed by atoms with Gasteiger partial charge in [-0.05, 0) is 32.4 Å². The van der Waals surface area contributed by atoms with Gasteiger partial charge in [0.2, 0.25) is 0 Å². The Morgan fingerprint density at radius 1 is 1.42 bits per heavy atom. The first-order valence-electron chi connectivity index (χ1n) is 6.05. The van der Waals surface area contributed by atoms with Crippen LogP contribution in [0.4, 0.5) is 14.5 Å². The maximum atomic E-state index is 13.8. The number of hydrogen-bond acceptors (Lipinski definition) is 3. The van der Waals surface area contributed by atoms with Crippen molar-refractivity contribution < 1.29 is 18.7 Å². The maximum absolute atomic E-state index is 13.8. The largest absolute Gasteiger partial charge is 0.396 e. The van der Waals surface area contributed by atoms with Crippen LogP contribution < -0.4 is 5.73 Å². The van der Waals surface area contributed by atoms with Gasteiger partial charge in [-0.1, -0.05) is 0 Å². The molecule has 1 amide bonds. The molecule has 0 aromatic heterocycles. The third-order valence-electron chi connectivity index (χ3n) is 2.78. The number of nitrogen functional groups attached to an aromatic ring is 1. The van der Waals surface area contributed by atoms with Gasteiger partial charge in [-0.3, -0.25) is 4.79 Å². The van der Waals surface area contributed by atoms with E-state index in [9.17, 15) is 13.6 Å². The number of carbonyl (C=O) groups is 1. The SMILES string of the molecule is CC(C)N(CCCO)C(=O)c1c(F)ccc(N)c1F. The molecule has 19 heavy (non-hydrogen) atoms. The second-order valence-electron chi connectivity index (χ2n) is 4.50. The molecular weight excluding hydrogens is 254 g/mol. The minimum Gasteiger partial charge on any atom is -0.396 e. The molecule has 0 saturated carbocycles. The molecule has 3 N–H and O–H groups in total. The standard InChI is InChI=1S/C13H18F2N2O2/c1-8(2)17(6-3-7-18)13(19)11-9(14)4-5-10(16)12(11)15/h4-5,8,18H,3,6-7,16H2,1-2H3. The molecule has 0 aliphatic heterocycles. The van der Waals surface area contributed by atoms with Crippen molar-refractivity contribution in [1.82, 2.24) is 4.90 Å². The molecule has 0 atom stereocenters. The Balaban J connectivity index is 3.13. The molecule has 0 bridgehead atoms. The number of hydrogen-bond donors (Lipinski definition) is 2. The first kappa shape index (κ1) is 15.4. The zero-order valence-corrected chi connectivity index (χ0v) is 11.0. The van der Waals surface area contributed by atoms with E-state index >= 15 is 0 Å². The van der Waals surface area contributed by atoms with Gasteiger partial charge in [0.1, 0.15) is 11.4 Å². The second kappa shape index (κ2) is 6.47. The van der Waals surface area contributed by atoms with Gasteiger partial charge in [-0.2, -0.15) is 0 Å². The third kappa shape index (κ3) is 3.41. The Hall–Kier alpha value is -1.69. The van der Waals surface area contributed by atoms with Crippen molar-refractivity contribution in [3.05, 3.63) is 29.3 Å². The predicted molar refractivity (Wildman–Crippen MR) is 68.6 cm³/mol. The van der Waals surface area contributed by atoms with E-state index in [-0.39, 0.29) is 24.9 Å². The molecule has 0 unspecified atom stereocenters. The highest BCUT2D eigenvalue weighted by Crippen LogP contribution is 2.21. The van der Waals surface area contributed by atoms with Crippen molar-refractivity contribution >= 4 is 11.6 Å². The highest BCUT2D eigenvalue weighted by Gasteiger charge is 2.25. The average molecular weight is 272 g/mol. The number of nitrogens with zero attached hydrogens (tertiary/aromatic N) is 1. The molecule has 0 fully saturated rings. The molecule has 106 valence electrons. The Morgan fingerprint density at radius 3 is 2.58 bits per heavy atom. The minimum atomic E-state index is -1.04. The van der Waals surface area contributed by atoms with Crippen LogP contribution in [0.5, 0.6) is 0 Å². The van der Waals surface area contributed by atoms with Gasteiger partial charge in [0, 0.05) is 19.2 Å². The lowest BCUT2D eigenvalue weighted by Gasteiger charge is -2.27. The van der Waals surface area contributed by atoms with Crippen LogP contribution in [0.3, 0.4) is 0 Å². The van der Waals surface area contributed by atoms with Crippen molar-refractivity contribution in [3.63, 3.8) is 0 Å². The number of benzene rings is 1. The van der Waals surface area contributed by atoms with E-state index in [1.807, 2.05) is 0 Å². The van der Waals surface area contributed by atoms with Crippen LogP contribution in [-0.4, -0.2) is 35.1 Å². The fraction of sp³-hybridized carbons (Fsp3) is 0.462. The van der Waals surface area contributed by atoms with Gasteiger partial charge in [-0.25, -0.2) is 8.78 Å². The quantitative estimate of drug-likeness (QED) is 0.803. The Labute approximate surface area is 110 Å². The van der Waals surface area contributed by atoms with Crippen molar-refractivity contribution in [2.75, 3.05) is 18.9 Å². The van der Waals surface area contributed by atoms with E-state index in [2.05, 4.69) is 0 Å². The molecule has 0 radical (unpaired) electrons. The normalized spacial score (nSPS) is 10.8. The number of amides is 1. The summed E-state index contributed by atoms with van der Waals surface area (Å²) in [6.45, 7) is 3.59. The fourth-order valence-electron chi connectivity index (χ4n) is 1.74. The molecule has 1 rings (SSSR count). The summed E-state index contributed by atoms with van der Waals surface area (Å²) in [6, 6.07) is 1.81. The predicted octanol–water partition coefficient (Wildman–Crippen LogP) is 1.78. The van der Waals surface area contributed by atoms with Crippen LogP contribution in [0.15, 0.2) is 12.1 Å². The zero-order valence-electron chi connectivity index (χ0n) is 11.0. The summed E-state index contributed by atoms with van der Waals surface area (Å²) < 4.78 is 27.4. The summed E-state index contributed by atoms with van der Waals surface area (Å²) in [5.74, 6) is -2.74. The first-order valence-corrected chi connectivity index (χ1v) is 6.05. The van der Waals surface area contributed by atoms with Crippen LogP contribution >= 0.6 is 0 Å². The van der Waals surface area contributed by atoms with Crippen molar-refractivity contribution in [2.24, 2.45) is 0 Å². The number of carbonyl (C=O) groups excluding carboxylic acids is 1. The van der Waals surface area contributed by atoms with Gasteiger partial charge < -0.3 is 15.7 Å². The number of rotatable bonds is 5. The highest BCUT2D eigenvalue weighted by molar-refractivity contribution is 5.95. The Bertz CT molecular complexity index is 464. The van der Waals surface area contributed by atoms with E-state index in [1.54, 1.807) is 13.8 Å². The van der Waals surface area contributed by atoms with Gasteiger partial charge in [-0.15, -0.1) is 0 Å². The molecule has 1 aromatic rings. The third-order valence-corrected chi connectivity index (χ3v) is 2.78. The van der Waals surface area contributed by atoms with Gasteiger partial charge in [0.25, 0.3) is 5.91 Å². The molecule has 6 heteroatoms. The lowest BCUT2D eigenvalue weighted by molar-refractivity contribution is 0.0683. The first-order chi connectivity index (χ1) is 8.90. The lowest BCUT2D eigenvalue weighted by Crippen LogP contribution is -2.39. The Morgan fingerprint density at radius 2 is 2.05 bits per heavy atom. The monoisotopic (exact) mass is 272 g/mol. The number of nitrogens with two attached hydrogens (primary N) is 1. The van der Waals surface area contributed by atoms with Gasteiger partial charge in [0.05, 0.1) is 5.69 Å². The lowest BCUT2D eigenvalue weighted by atomic mass is 10.1. The molecule has 0 aliphatic rings. The molecule has 1 aromatic carbocycles. The smallest absolute Gasteiger partial charge is 0.260 e. The number of aliphatic hydroxyl groups excluding tert-OH is 1. The summed E-state index contributed by atoms with van der Waals surface area (Å²) in [5, 5.41) is 8.80. The topological polar surface area (TPSA) is 66.6 Å². The highest BCUT2D eigenvalue weighted by atomic mass is 19.1.